The van der Waals surface area contributed by atoms with Crippen LogP contribution in [0.3, 0.4) is 0 Å². The normalized spacial score (nSPS) is 13.3. The van der Waals surface area contributed by atoms with Crippen molar-refractivity contribution in [2.24, 2.45) is 0 Å². The van der Waals surface area contributed by atoms with Gasteiger partial charge in [0.15, 0.2) is 0 Å². The Kier molecular flexibility index (Phi) is 4.09. The quantitative estimate of drug-likeness (QED) is 0.628. The molecule has 0 spiro atoms. The molecule has 0 heterocycles. The summed E-state index contributed by atoms with van der Waals surface area (Å²) in [5, 5.41) is -0.586. The van der Waals surface area contributed by atoms with Crippen molar-refractivity contribution in [1.82, 2.24) is 0 Å². The highest BCUT2D eigenvalue weighted by Crippen LogP contribution is 2.34. The van der Waals surface area contributed by atoms with E-state index in [2.05, 4.69) is 0 Å². The molecule has 0 aliphatic carbocycles. The van der Waals surface area contributed by atoms with Gasteiger partial charge in [0.05, 0.1) is 10.9 Å². The van der Waals surface area contributed by atoms with Gasteiger partial charge in [-0.05, 0) is 48.2 Å². The molecule has 0 saturated carbocycles. The van der Waals surface area contributed by atoms with Gasteiger partial charge < -0.3 is 0 Å². The van der Waals surface area contributed by atoms with Crippen LogP contribution < -0.4 is 0 Å². The van der Waals surface area contributed by atoms with Crippen LogP contribution in [0.5, 0.6) is 0 Å². The molecule has 2 aromatic carbocycles. The second kappa shape index (κ2) is 5.49. The minimum atomic E-state index is -4.35. The second-order valence-electron chi connectivity index (χ2n) is 4.83. The van der Waals surface area contributed by atoms with Crippen LogP contribution in [0.1, 0.15) is 33.2 Å². The molecule has 0 radical (unpaired) electrons. The fourth-order valence-electron chi connectivity index (χ4n) is 1.99. The highest BCUT2D eigenvalue weighted by Gasteiger charge is 2.30. The molecular weight excluding hydrogens is 285 g/mol. The summed E-state index contributed by atoms with van der Waals surface area (Å²) < 4.78 is 38.1. The molecule has 106 valence electrons. The maximum atomic E-state index is 12.7. The van der Waals surface area contributed by atoms with E-state index < -0.39 is 17.1 Å². The summed E-state index contributed by atoms with van der Waals surface area (Å²) >= 11 is 6.31. The van der Waals surface area contributed by atoms with Crippen molar-refractivity contribution in [3.05, 3.63) is 70.3 Å². The summed E-state index contributed by atoms with van der Waals surface area (Å²) in [6, 6.07) is 10.8. The third kappa shape index (κ3) is 3.15. The first-order valence-corrected chi connectivity index (χ1v) is 6.61. The van der Waals surface area contributed by atoms with Gasteiger partial charge in [0.25, 0.3) is 0 Å². The number of alkyl halides is 4. The van der Waals surface area contributed by atoms with Gasteiger partial charge in [0.2, 0.25) is 0 Å². The summed E-state index contributed by atoms with van der Waals surface area (Å²) in [6.45, 7) is 3.93. The Morgan fingerprint density at radius 2 is 1.55 bits per heavy atom. The topological polar surface area (TPSA) is 0 Å². The van der Waals surface area contributed by atoms with Crippen LogP contribution in [0.25, 0.3) is 0 Å². The van der Waals surface area contributed by atoms with E-state index in [1.165, 1.54) is 6.07 Å². The van der Waals surface area contributed by atoms with Crippen molar-refractivity contribution in [3.8, 4) is 0 Å². The Morgan fingerprint density at radius 3 is 2.15 bits per heavy atom. The van der Waals surface area contributed by atoms with E-state index in [9.17, 15) is 13.2 Å². The lowest BCUT2D eigenvalue weighted by atomic mass is 9.99. The molecule has 0 fully saturated rings. The molecule has 0 aliphatic heterocycles. The van der Waals surface area contributed by atoms with Gasteiger partial charge in [-0.2, -0.15) is 13.2 Å². The van der Waals surface area contributed by atoms with Crippen LogP contribution in [0.15, 0.2) is 42.5 Å². The Balaban J connectivity index is 2.38. The molecule has 20 heavy (non-hydrogen) atoms. The van der Waals surface area contributed by atoms with Crippen molar-refractivity contribution in [3.63, 3.8) is 0 Å². The van der Waals surface area contributed by atoms with Gasteiger partial charge in [-0.1, -0.05) is 30.3 Å². The van der Waals surface area contributed by atoms with Crippen molar-refractivity contribution in [1.29, 1.82) is 0 Å². The number of aryl methyl sites for hydroxylation is 2. The largest absolute Gasteiger partial charge is 0.416 e. The summed E-state index contributed by atoms with van der Waals surface area (Å²) in [5.41, 5.74) is 2.77. The zero-order valence-electron chi connectivity index (χ0n) is 11.1. The number of benzene rings is 2. The van der Waals surface area contributed by atoms with Crippen molar-refractivity contribution >= 4 is 11.6 Å². The maximum Gasteiger partial charge on any atom is 0.416 e. The fraction of sp³-hybridized carbons (Fsp3) is 0.250. The first-order valence-electron chi connectivity index (χ1n) is 6.17. The summed E-state index contributed by atoms with van der Waals surface area (Å²) in [7, 11) is 0. The van der Waals surface area contributed by atoms with E-state index in [4.69, 9.17) is 11.6 Å². The molecular formula is C16H14ClF3. The standard InChI is InChI=1S/C16H14ClF3/c1-10-6-7-13(8-11(10)2)15(17)12-4-3-5-14(9-12)16(18,19)20/h3-9,15H,1-2H3. The Morgan fingerprint density at radius 1 is 0.900 bits per heavy atom. The Bertz CT molecular complexity index is 617. The lowest BCUT2D eigenvalue weighted by Crippen LogP contribution is -2.06. The first-order chi connectivity index (χ1) is 9.29. The third-order valence-electron chi connectivity index (χ3n) is 3.33. The van der Waals surface area contributed by atoms with E-state index in [0.29, 0.717) is 5.56 Å². The molecule has 0 aromatic heterocycles. The van der Waals surface area contributed by atoms with Crippen molar-refractivity contribution in [2.45, 2.75) is 25.4 Å². The first kappa shape index (κ1) is 14.9. The maximum absolute atomic E-state index is 12.7. The molecule has 0 saturated heterocycles. The number of hydrogen-bond acceptors (Lipinski definition) is 0. The van der Waals surface area contributed by atoms with E-state index in [1.807, 2.05) is 32.0 Å². The van der Waals surface area contributed by atoms with E-state index in [0.717, 1.165) is 28.8 Å². The minimum Gasteiger partial charge on any atom is -0.166 e. The monoisotopic (exact) mass is 298 g/mol. The van der Waals surface area contributed by atoms with Gasteiger partial charge in [-0.25, -0.2) is 0 Å². The van der Waals surface area contributed by atoms with Gasteiger partial charge in [-0.15, -0.1) is 11.6 Å². The Labute approximate surface area is 121 Å². The van der Waals surface area contributed by atoms with Gasteiger partial charge >= 0.3 is 6.18 Å². The number of rotatable bonds is 2. The predicted octanol–water partition coefficient (Wildman–Crippen LogP) is 5.65. The highest BCUT2D eigenvalue weighted by atomic mass is 35.5. The van der Waals surface area contributed by atoms with Crippen LogP contribution in [-0.4, -0.2) is 0 Å². The molecule has 2 aromatic rings. The van der Waals surface area contributed by atoms with E-state index in [-0.39, 0.29) is 0 Å². The molecule has 0 N–H and O–H groups in total. The molecule has 1 unspecified atom stereocenters. The molecule has 1 atom stereocenters. The highest BCUT2D eigenvalue weighted by molar-refractivity contribution is 6.22. The average molecular weight is 299 g/mol. The van der Waals surface area contributed by atoms with Crippen LogP contribution in [0, 0.1) is 13.8 Å². The van der Waals surface area contributed by atoms with Crippen molar-refractivity contribution in [2.75, 3.05) is 0 Å². The fourth-order valence-corrected chi connectivity index (χ4v) is 2.26. The number of halogens is 4. The zero-order valence-corrected chi connectivity index (χ0v) is 11.9. The minimum absolute atomic E-state index is 0.449. The molecule has 0 aliphatic rings. The molecule has 4 heteroatoms. The van der Waals surface area contributed by atoms with Gasteiger partial charge in [0.1, 0.15) is 0 Å². The lowest BCUT2D eigenvalue weighted by molar-refractivity contribution is -0.137. The molecule has 0 amide bonds. The second-order valence-corrected chi connectivity index (χ2v) is 5.27. The SMILES string of the molecule is Cc1ccc(C(Cl)c2cccc(C(F)(F)F)c2)cc1C. The van der Waals surface area contributed by atoms with Crippen molar-refractivity contribution < 1.29 is 13.2 Å². The van der Waals surface area contributed by atoms with Crippen LogP contribution in [0.4, 0.5) is 13.2 Å². The third-order valence-corrected chi connectivity index (χ3v) is 3.83. The molecule has 0 nitrogen and oxygen atoms in total. The smallest absolute Gasteiger partial charge is 0.166 e. The molecule has 2 rings (SSSR count). The van der Waals surface area contributed by atoms with Crippen LogP contribution >= 0.6 is 11.6 Å². The zero-order chi connectivity index (χ0) is 14.9. The van der Waals surface area contributed by atoms with Crippen LogP contribution in [0.2, 0.25) is 0 Å². The summed E-state index contributed by atoms with van der Waals surface area (Å²) in [5.74, 6) is 0. The average Bonchev–Trinajstić information content (AvgIpc) is 2.40. The van der Waals surface area contributed by atoms with E-state index >= 15 is 0 Å². The summed E-state index contributed by atoms with van der Waals surface area (Å²) in [4.78, 5) is 0. The number of hydrogen-bond donors (Lipinski definition) is 0. The Hall–Kier alpha value is -1.48. The predicted molar refractivity (Wildman–Crippen MR) is 75.1 cm³/mol. The summed E-state index contributed by atoms with van der Waals surface area (Å²) in [6.07, 6.45) is -4.35. The van der Waals surface area contributed by atoms with Gasteiger partial charge in [0, 0.05) is 0 Å². The molecule has 0 bridgehead atoms. The van der Waals surface area contributed by atoms with Crippen LogP contribution in [-0.2, 0) is 6.18 Å². The van der Waals surface area contributed by atoms with E-state index in [1.54, 1.807) is 6.07 Å². The lowest BCUT2D eigenvalue weighted by Gasteiger charge is -2.14. The van der Waals surface area contributed by atoms with Gasteiger partial charge in [-0.3, -0.25) is 0 Å².